The first-order valence-electron chi connectivity index (χ1n) is 8.19. The number of hydrogen-bond acceptors (Lipinski definition) is 5. The molecule has 1 aromatic carbocycles. The highest BCUT2D eigenvalue weighted by Crippen LogP contribution is 2.27. The van der Waals surface area contributed by atoms with Crippen LogP contribution in [0.5, 0.6) is 5.75 Å². The van der Waals surface area contributed by atoms with Gasteiger partial charge in [0, 0.05) is 23.0 Å². The summed E-state index contributed by atoms with van der Waals surface area (Å²) in [6, 6.07) is 10.1. The molecule has 1 N–H and O–H groups in total. The van der Waals surface area contributed by atoms with Crippen LogP contribution in [0.3, 0.4) is 0 Å². The van der Waals surface area contributed by atoms with Crippen LogP contribution < -0.4 is 10.1 Å². The maximum Gasteiger partial charge on any atom is 0.258 e. The first-order valence-corrected chi connectivity index (χ1v) is 10.8. The van der Waals surface area contributed by atoms with Gasteiger partial charge >= 0.3 is 0 Å². The van der Waals surface area contributed by atoms with Gasteiger partial charge in [-0.2, -0.15) is 4.31 Å². The van der Waals surface area contributed by atoms with Gasteiger partial charge in [0.1, 0.15) is 9.96 Å². The lowest BCUT2D eigenvalue weighted by Crippen LogP contribution is -2.28. The molecule has 140 valence electrons. The predicted molar refractivity (Wildman–Crippen MR) is 101 cm³/mol. The minimum Gasteiger partial charge on any atom is -0.484 e. The fraction of sp³-hybridized carbons (Fsp3) is 0.353. The maximum absolute atomic E-state index is 12.5. The van der Waals surface area contributed by atoms with Gasteiger partial charge in [-0.1, -0.05) is 11.6 Å². The Morgan fingerprint density at radius 2 is 1.85 bits per heavy atom. The number of hydrogen-bond donors (Lipinski definition) is 1. The third-order valence-corrected chi connectivity index (χ3v) is 7.64. The number of nitrogens with one attached hydrogen (secondary N) is 1. The van der Waals surface area contributed by atoms with E-state index in [9.17, 15) is 13.2 Å². The predicted octanol–water partition coefficient (Wildman–Crippen LogP) is 2.88. The van der Waals surface area contributed by atoms with Crippen LogP contribution >= 0.6 is 22.9 Å². The van der Waals surface area contributed by atoms with Gasteiger partial charge in [-0.25, -0.2) is 8.42 Å². The summed E-state index contributed by atoms with van der Waals surface area (Å²) in [5, 5.41) is 3.32. The van der Waals surface area contributed by atoms with Gasteiger partial charge in [0.2, 0.25) is 0 Å². The highest BCUT2D eigenvalue weighted by Gasteiger charge is 2.28. The molecule has 2 aromatic rings. The fourth-order valence-corrected chi connectivity index (χ4v) is 5.66. The second-order valence-corrected chi connectivity index (χ2v) is 9.62. The van der Waals surface area contributed by atoms with Crippen molar-refractivity contribution in [3.63, 3.8) is 0 Å². The summed E-state index contributed by atoms with van der Waals surface area (Å²) in [6.45, 7) is 1.30. The van der Waals surface area contributed by atoms with Gasteiger partial charge in [-0.3, -0.25) is 4.79 Å². The Kier molecular flexibility index (Phi) is 6.18. The van der Waals surface area contributed by atoms with Crippen molar-refractivity contribution in [1.82, 2.24) is 9.62 Å². The first-order chi connectivity index (χ1) is 12.4. The van der Waals surface area contributed by atoms with Gasteiger partial charge in [0.15, 0.2) is 6.61 Å². The number of benzene rings is 1. The second-order valence-electron chi connectivity index (χ2n) is 5.85. The van der Waals surface area contributed by atoms with Crippen LogP contribution in [-0.4, -0.2) is 38.3 Å². The van der Waals surface area contributed by atoms with Gasteiger partial charge in [-0.05, 0) is 49.2 Å². The molecule has 1 amide bonds. The molecule has 9 heteroatoms. The number of thiophene rings is 1. The number of carbonyl (C=O) groups is 1. The van der Waals surface area contributed by atoms with Crippen LogP contribution in [0.25, 0.3) is 0 Å². The van der Waals surface area contributed by atoms with E-state index in [1.54, 1.807) is 36.4 Å². The van der Waals surface area contributed by atoms with E-state index in [4.69, 9.17) is 16.3 Å². The molecule has 2 heterocycles. The minimum atomic E-state index is -3.40. The molecule has 26 heavy (non-hydrogen) atoms. The van der Waals surface area contributed by atoms with Crippen molar-refractivity contribution in [2.24, 2.45) is 0 Å². The molecule has 0 aliphatic carbocycles. The highest BCUT2D eigenvalue weighted by molar-refractivity contribution is 7.91. The Bertz CT molecular complexity index is 859. The summed E-state index contributed by atoms with van der Waals surface area (Å²) < 4.78 is 32.2. The van der Waals surface area contributed by atoms with E-state index < -0.39 is 10.0 Å². The SMILES string of the molecule is O=C(COc1ccc(Cl)cc1)NCc1ccc(S(=O)(=O)N2CCCC2)s1. The van der Waals surface area contributed by atoms with Crippen LogP contribution in [0, 0.1) is 0 Å². The molecule has 0 unspecified atom stereocenters. The number of carbonyl (C=O) groups excluding carboxylic acids is 1. The molecule has 1 fully saturated rings. The summed E-state index contributed by atoms with van der Waals surface area (Å²) in [6.07, 6.45) is 1.81. The first kappa shape index (κ1) is 19.2. The van der Waals surface area contributed by atoms with Crippen molar-refractivity contribution in [2.75, 3.05) is 19.7 Å². The Morgan fingerprint density at radius 3 is 2.54 bits per heavy atom. The van der Waals surface area contributed by atoms with E-state index in [1.165, 1.54) is 15.6 Å². The van der Waals surface area contributed by atoms with Crippen molar-refractivity contribution in [1.29, 1.82) is 0 Å². The number of amides is 1. The molecular formula is C17H19ClN2O4S2. The summed E-state index contributed by atoms with van der Waals surface area (Å²) in [5.41, 5.74) is 0. The van der Waals surface area contributed by atoms with Gasteiger partial charge < -0.3 is 10.1 Å². The fourth-order valence-electron chi connectivity index (χ4n) is 2.56. The second kappa shape index (κ2) is 8.39. The zero-order chi connectivity index (χ0) is 18.6. The van der Waals surface area contributed by atoms with E-state index in [-0.39, 0.29) is 19.1 Å². The Morgan fingerprint density at radius 1 is 1.15 bits per heavy atom. The summed E-state index contributed by atoms with van der Waals surface area (Å²) in [5.74, 6) is 0.275. The Balaban J connectivity index is 1.49. The van der Waals surface area contributed by atoms with Crippen molar-refractivity contribution in [3.05, 3.63) is 46.3 Å². The lowest BCUT2D eigenvalue weighted by Gasteiger charge is -2.13. The van der Waals surface area contributed by atoms with E-state index in [0.717, 1.165) is 17.7 Å². The Hall–Kier alpha value is -1.61. The summed E-state index contributed by atoms with van der Waals surface area (Å²) in [7, 11) is -3.40. The smallest absolute Gasteiger partial charge is 0.258 e. The number of nitrogens with zero attached hydrogens (tertiary/aromatic N) is 1. The largest absolute Gasteiger partial charge is 0.484 e. The maximum atomic E-state index is 12.5. The number of sulfonamides is 1. The molecule has 0 atom stereocenters. The molecular weight excluding hydrogens is 396 g/mol. The van der Waals surface area contributed by atoms with Gasteiger partial charge in [-0.15, -0.1) is 11.3 Å². The number of halogens is 1. The van der Waals surface area contributed by atoms with Crippen molar-refractivity contribution >= 4 is 38.9 Å². The molecule has 0 radical (unpaired) electrons. The van der Waals surface area contributed by atoms with E-state index >= 15 is 0 Å². The average molecular weight is 415 g/mol. The average Bonchev–Trinajstić information content (AvgIpc) is 3.31. The molecule has 0 spiro atoms. The van der Waals surface area contributed by atoms with Crippen molar-refractivity contribution in [3.8, 4) is 5.75 Å². The topological polar surface area (TPSA) is 75.7 Å². The van der Waals surface area contributed by atoms with Crippen LogP contribution in [0.1, 0.15) is 17.7 Å². The van der Waals surface area contributed by atoms with E-state index in [1.807, 2.05) is 0 Å². The number of rotatable bonds is 7. The third kappa shape index (κ3) is 4.76. The summed E-state index contributed by atoms with van der Waals surface area (Å²) >= 11 is 6.97. The normalized spacial score (nSPS) is 15.1. The minimum absolute atomic E-state index is 0.119. The number of ether oxygens (including phenoxy) is 1. The zero-order valence-electron chi connectivity index (χ0n) is 14.0. The lowest BCUT2D eigenvalue weighted by atomic mass is 10.3. The van der Waals surface area contributed by atoms with Gasteiger partial charge in [0.25, 0.3) is 15.9 Å². The molecule has 1 aliphatic heterocycles. The van der Waals surface area contributed by atoms with E-state index in [0.29, 0.717) is 28.1 Å². The monoisotopic (exact) mass is 414 g/mol. The van der Waals surface area contributed by atoms with E-state index in [2.05, 4.69) is 5.32 Å². The molecule has 6 nitrogen and oxygen atoms in total. The van der Waals surface area contributed by atoms with Crippen molar-refractivity contribution < 1.29 is 17.9 Å². The van der Waals surface area contributed by atoms with Crippen LogP contribution in [0.2, 0.25) is 5.02 Å². The standard InChI is InChI=1S/C17H19ClN2O4S2/c18-13-3-5-14(6-4-13)24-12-16(21)19-11-15-7-8-17(25-15)26(22,23)20-9-1-2-10-20/h3-8H,1-2,9-12H2,(H,19,21). The van der Waals surface area contributed by atoms with Crippen molar-refractivity contribution in [2.45, 2.75) is 23.6 Å². The lowest BCUT2D eigenvalue weighted by molar-refractivity contribution is -0.123. The van der Waals surface area contributed by atoms with Crippen LogP contribution in [0.15, 0.2) is 40.6 Å². The third-order valence-electron chi connectivity index (χ3n) is 3.94. The summed E-state index contributed by atoms with van der Waals surface area (Å²) in [4.78, 5) is 12.7. The van der Waals surface area contributed by atoms with Gasteiger partial charge in [0.05, 0.1) is 6.54 Å². The molecule has 1 saturated heterocycles. The molecule has 0 saturated carbocycles. The molecule has 1 aromatic heterocycles. The highest BCUT2D eigenvalue weighted by atomic mass is 35.5. The zero-order valence-corrected chi connectivity index (χ0v) is 16.4. The quantitative estimate of drug-likeness (QED) is 0.755. The molecule has 1 aliphatic rings. The van der Waals surface area contributed by atoms with Crippen LogP contribution in [0.4, 0.5) is 0 Å². The molecule has 0 bridgehead atoms. The van der Waals surface area contributed by atoms with Crippen LogP contribution in [-0.2, 0) is 21.4 Å². The molecule has 3 rings (SSSR count). The Labute approximate surface area is 161 Å².